The number of ether oxygens (including phenoxy) is 5. The second-order valence-corrected chi connectivity index (χ2v) is 14.4. The van der Waals surface area contributed by atoms with Gasteiger partial charge in [-0.15, -0.1) is 0 Å². The standard InChI is InChI=1S/C37H55FO10/c1-8-12-18-45-37(43,46-19-13-9-2)47-30-22-34(7)28(27-15-14-25-21-26(39)16-17-33(25,6)35(27,30)38)20-24(5)36(34,48-32(42)11-4)29(40)23-44-31(41)10-3/h16-17,21,24,27-28,30,43H,8-15,18-20,22-23H2,1-7H3/t24-,27-,28-,30-,33-,34-,35?,36-/m0/s1. The number of hydrogen-bond donors (Lipinski definition) is 1. The first-order valence-electron chi connectivity index (χ1n) is 17.8. The highest BCUT2D eigenvalue weighted by molar-refractivity contribution is 6.01. The predicted molar refractivity (Wildman–Crippen MR) is 174 cm³/mol. The number of fused-ring (bicyclic) bond motifs is 5. The number of aliphatic hydroxyl groups is 1. The van der Waals surface area contributed by atoms with Crippen LogP contribution in [-0.2, 0) is 42.9 Å². The number of hydrogen-bond acceptors (Lipinski definition) is 10. The Labute approximate surface area is 284 Å². The van der Waals surface area contributed by atoms with E-state index in [9.17, 15) is 24.3 Å². The summed E-state index contributed by atoms with van der Waals surface area (Å²) in [5.41, 5.74) is -5.85. The summed E-state index contributed by atoms with van der Waals surface area (Å²) < 4.78 is 48.3. The Kier molecular flexibility index (Phi) is 11.8. The van der Waals surface area contributed by atoms with Crippen LogP contribution >= 0.6 is 0 Å². The van der Waals surface area contributed by atoms with Crippen molar-refractivity contribution in [2.45, 2.75) is 136 Å². The molecule has 4 aliphatic carbocycles. The highest BCUT2D eigenvalue weighted by atomic mass is 19.1. The summed E-state index contributed by atoms with van der Waals surface area (Å²) in [6, 6.07) is 0. The summed E-state index contributed by atoms with van der Waals surface area (Å²) in [5, 5.41) is 11.8. The molecule has 0 amide bonds. The van der Waals surface area contributed by atoms with Gasteiger partial charge in [-0.25, -0.2) is 4.39 Å². The summed E-state index contributed by atoms with van der Waals surface area (Å²) in [6.07, 6.45) is 4.12. The Morgan fingerprint density at radius 3 is 2.21 bits per heavy atom. The Hall–Kier alpha value is -2.47. The molecule has 0 radical (unpaired) electrons. The maximum Gasteiger partial charge on any atom is 0.410 e. The van der Waals surface area contributed by atoms with Crippen LogP contribution in [0.1, 0.15) is 113 Å². The van der Waals surface area contributed by atoms with Crippen LogP contribution in [0.3, 0.4) is 0 Å². The number of carbonyl (C=O) groups is 4. The van der Waals surface area contributed by atoms with Gasteiger partial charge in [0.1, 0.15) is 6.10 Å². The summed E-state index contributed by atoms with van der Waals surface area (Å²) in [6.45, 7) is 12.1. The number of Topliss-reactive ketones (excluding diaryl/α,β-unsaturated/α-hetero) is 1. The fourth-order valence-corrected chi connectivity index (χ4v) is 9.08. The minimum absolute atomic E-state index is 0.00497. The van der Waals surface area contributed by atoms with Crippen LogP contribution in [0.2, 0.25) is 0 Å². The van der Waals surface area contributed by atoms with E-state index in [1.807, 2.05) is 27.7 Å². The highest BCUT2D eigenvalue weighted by Gasteiger charge is 2.78. The molecular formula is C37H55FO10. The number of halogens is 1. The molecule has 11 heteroatoms. The molecule has 3 saturated carbocycles. The molecule has 0 aromatic carbocycles. The lowest BCUT2D eigenvalue weighted by Gasteiger charge is -2.63. The lowest BCUT2D eigenvalue weighted by atomic mass is 9.44. The van der Waals surface area contributed by atoms with Crippen molar-refractivity contribution in [2.75, 3.05) is 19.8 Å². The molecule has 0 saturated heterocycles. The Bertz CT molecular complexity index is 1280. The van der Waals surface area contributed by atoms with E-state index in [4.69, 9.17) is 23.7 Å². The van der Waals surface area contributed by atoms with Crippen LogP contribution in [0.15, 0.2) is 23.8 Å². The molecule has 3 fully saturated rings. The van der Waals surface area contributed by atoms with Crippen molar-refractivity contribution in [3.8, 4) is 0 Å². The lowest BCUT2D eigenvalue weighted by Crippen LogP contribution is -2.71. The Morgan fingerprint density at radius 2 is 1.62 bits per heavy atom. The monoisotopic (exact) mass is 678 g/mol. The molecular weight excluding hydrogens is 623 g/mol. The zero-order valence-corrected chi connectivity index (χ0v) is 29.7. The second kappa shape index (κ2) is 14.8. The number of rotatable bonds is 16. The van der Waals surface area contributed by atoms with Crippen molar-refractivity contribution < 1.29 is 52.4 Å². The molecule has 8 atom stereocenters. The quantitative estimate of drug-likeness (QED) is 0.116. The van der Waals surface area contributed by atoms with E-state index >= 15 is 4.39 Å². The molecule has 0 spiro atoms. The van der Waals surface area contributed by atoms with Crippen molar-refractivity contribution in [1.29, 1.82) is 0 Å². The molecule has 0 aromatic rings. The van der Waals surface area contributed by atoms with Gasteiger partial charge in [-0.05, 0) is 63.5 Å². The number of carbonyl (C=O) groups excluding carboxylic acids is 4. The Balaban J connectivity index is 1.89. The van der Waals surface area contributed by atoms with E-state index in [0.717, 1.165) is 12.8 Å². The number of unbranched alkanes of at least 4 members (excludes halogenated alkanes) is 2. The topological polar surface area (TPSA) is 135 Å². The van der Waals surface area contributed by atoms with Gasteiger partial charge in [0.15, 0.2) is 23.7 Å². The van der Waals surface area contributed by atoms with E-state index in [2.05, 4.69) is 0 Å². The van der Waals surface area contributed by atoms with Crippen LogP contribution in [-0.4, -0.2) is 72.0 Å². The first-order chi connectivity index (χ1) is 22.6. The third-order valence-electron chi connectivity index (χ3n) is 11.6. The normalized spacial score (nSPS) is 35.7. The summed E-state index contributed by atoms with van der Waals surface area (Å²) >= 11 is 0. The van der Waals surface area contributed by atoms with Crippen molar-refractivity contribution in [2.24, 2.45) is 28.6 Å². The van der Waals surface area contributed by atoms with Gasteiger partial charge >= 0.3 is 18.1 Å². The third kappa shape index (κ3) is 6.44. The fourth-order valence-electron chi connectivity index (χ4n) is 9.08. The van der Waals surface area contributed by atoms with E-state index in [1.165, 1.54) is 12.2 Å². The molecule has 48 heavy (non-hydrogen) atoms. The summed E-state index contributed by atoms with van der Waals surface area (Å²) in [4.78, 5) is 52.2. The van der Waals surface area contributed by atoms with Gasteiger partial charge in [-0.1, -0.05) is 66.0 Å². The van der Waals surface area contributed by atoms with Crippen molar-refractivity contribution in [3.05, 3.63) is 23.8 Å². The third-order valence-corrected chi connectivity index (χ3v) is 11.6. The molecule has 1 unspecified atom stereocenters. The summed E-state index contributed by atoms with van der Waals surface area (Å²) in [7, 11) is 0. The fraction of sp³-hybridized carbons (Fsp3) is 0.784. The van der Waals surface area contributed by atoms with Crippen LogP contribution in [0.5, 0.6) is 0 Å². The number of alkyl halides is 1. The van der Waals surface area contributed by atoms with E-state index in [1.54, 1.807) is 26.8 Å². The lowest BCUT2D eigenvalue weighted by molar-refractivity contribution is -0.507. The number of esters is 2. The van der Waals surface area contributed by atoms with Crippen LogP contribution < -0.4 is 0 Å². The molecule has 4 rings (SSSR count). The maximum absolute atomic E-state index is 18.8. The zero-order valence-electron chi connectivity index (χ0n) is 29.7. The Morgan fingerprint density at radius 1 is 1.00 bits per heavy atom. The SMILES string of the molecule is CCCCOC(O)(OCCCC)O[C@H]1C[C@@]2(C)[C@@H](C[C@H](C)[C@]2(OC(=O)CC)C(=O)COC(=O)CC)[C@@H]2CCC3=CC(=O)C=C[C@]3(C)C12F. The largest absolute Gasteiger partial charge is 0.457 e. The average Bonchev–Trinajstić information content (AvgIpc) is 3.26. The first-order valence-corrected chi connectivity index (χ1v) is 17.8. The molecule has 4 aliphatic rings. The second-order valence-electron chi connectivity index (χ2n) is 14.4. The van der Waals surface area contributed by atoms with Crippen molar-refractivity contribution in [1.82, 2.24) is 0 Å². The zero-order chi connectivity index (χ0) is 35.5. The van der Waals surface area contributed by atoms with Crippen LogP contribution in [0.25, 0.3) is 0 Å². The highest BCUT2D eigenvalue weighted by Crippen LogP contribution is 2.72. The number of allylic oxidation sites excluding steroid dienone is 4. The van der Waals surface area contributed by atoms with Gasteiger partial charge < -0.3 is 24.1 Å². The smallest absolute Gasteiger partial charge is 0.410 e. The molecule has 1 N–H and O–H groups in total. The summed E-state index contributed by atoms with van der Waals surface area (Å²) in [5.74, 6) is -3.76. The minimum Gasteiger partial charge on any atom is -0.457 e. The van der Waals surface area contributed by atoms with E-state index < -0.39 is 76.4 Å². The van der Waals surface area contributed by atoms with Gasteiger partial charge in [0.05, 0.1) is 13.2 Å². The van der Waals surface area contributed by atoms with Crippen molar-refractivity contribution in [3.63, 3.8) is 0 Å². The van der Waals surface area contributed by atoms with Gasteiger partial charge in [0.25, 0.3) is 0 Å². The predicted octanol–water partition coefficient (Wildman–Crippen LogP) is 6.08. The van der Waals surface area contributed by atoms with Crippen LogP contribution in [0.4, 0.5) is 4.39 Å². The van der Waals surface area contributed by atoms with Crippen molar-refractivity contribution >= 4 is 23.5 Å². The molecule has 270 valence electrons. The molecule has 0 aliphatic heterocycles. The van der Waals surface area contributed by atoms with Crippen LogP contribution in [0, 0.1) is 28.6 Å². The van der Waals surface area contributed by atoms with Gasteiger partial charge in [0, 0.05) is 35.5 Å². The molecule has 0 aromatic heterocycles. The average molecular weight is 679 g/mol. The molecule has 10 nitrogen and oxygen atoms in total. The van der Waals surface area contributed by atoms with E-state index in [-0.39, 0.29) is 38.3 Å². The minimum atomic E-state index is -2.61. The van der Waals surface area contributed by atoms with Gasteiger partial charge in [-0.2, -0.15) is 0 Å². The van der Waals surface area contributed by atoms with Gasteiger partial charge in [-0.3, -0.25) is 23.9 Å². The molecule has 0 heterocycles. The maximum atomic E-state index is 18.8. The first kappa shape index (κ1) is 38.3. The van der Waals surface area contributed by atoms with Gasteiger partial charge in [0.2, 0.25) is 5.78 Å². The number of ketones is 2. The van der Waals surface area contributed by atoms with E-state index in [0.29, 0.717) is 37.7 Å². The molecule has 0 bridgehead atoms.